The van der Waals surface area contributed by atoms with Crippen LogP contribution in [0, 0.1) is 6.92 Å². The number of carbonyl (C=O) groups is 3. The Bertz CT molecular complexity index is 1120. The minimum absolute atomic E-state index is 0.0295. The van der Waals surface area contributed by atoms with Gasteiger partial charge in [-0.1, -0.05) is 42.0 Å². The van der Waals surface area contributed by atoms with E-state index >= 15 is 0 Å². The van der Waals surface area contributed by atoms with Crippen LogP contribution in [0.1, 0.15) is 22.8 Å². The number of phenolic OH excluding ortho intramolecular Hbond substituents is 1. The summed E-state index contributed by atoms with van der Waals surface area (Å²) in [5.74, 6) is -1.95. The molecule has 0 radical (unpaired) electrons. The van der Waals surface area contributed by atoms with Crippen molar-refractivity contribution in [3.05, 3.63) is 71.8 Å². The van der Waals surface area contributed by atoms with Crippen LogP contribution in [-0.4, -0.2) is 47.5 Å². The first-order chi connectivity index (χ1) is 14.7. The molecule has 0 spiro atoms. The number of nitrogens with one attached hydrogen (secondary N) is 1. The van der Waals surface area contributed by atoms with Crippen LogP contribution in [0.5, 0.6) is 5.75 Å². The van der Waals surface area contributed by atoms with Crippen molar-refractivity contribution >= 4 is 34.2 Å². The number of ether oxygens (including phenoxy) is 1. The number of esters is 1. The molecule has 3 aromatic carbocycles. The maximum absolute atomic E-state index is 12.5. The molecule has 0 heterocycles. The Morgan fingerprint density at radius 2 is 1.65 bits per heavy atom. The van der Waals surface area contributed by atoms with Gasteiger partial charge in [0, 0.05) is 12.7 Å². The lowest BCUT2D eigenvalue weighted by Crippen LogP contribution is -2.41. The molecule has 0 unspecified atom stereocenters. The maximum Gasteiger partial charge on any atom is 0.342 e. The Labute approximate surface area is 180 Å². The zero-order valence-electron chi connectivity index (χ0n) is 17.6. The molecule has 2 amide bonds. The van der Waals surface area contributed by atoms with Crippen molar-refractivity contribution in [2.24, 2.45) is 0 Å². The Kier molecular flexibility index (Phi) is 6.55. The van der Waals surface area contributed by atoms with Crippen LogP contribution < -0.4 is 5.32 Å². The third-order valence-electron chi connectivity index (χ3n) is 4.81. The smallest absolute Gasteiger partial charge is 0.342 e. The molecule has 0 aliphatic heterocycles. The van der Waals surface area contributed by atoms with Crippen LogP contribution in [0.15, 0.2) is 60.7 Å². The first-order valence-electron chi connectivity index (χ1n) is 9.79. The number of benzene rings is 3. The topological polar surface area (TPSA) is 95.9 Å². The second-order valence-corrected chi connectivity index (χ2v) is 7.37. The van der Waals surface area contributed by atoms with E-state index in [0.29, 0.717) is 5.69 Å². The quantitative estimate of drug-likeness (QED) is 0.595. The van der Waals surface area contributed by atoms with Gasteiger partial charge in [-0.15, -0.1) is 0 Å². The van der Waals surface area contributed by atoms with E-state index in [-0.39, 0.29) is 23.8 Å². The van der Waals surface area contributed by atoms with E-state index in [1.165, 1.54) is 31.0 Å². The van der Waals surface area contributed by atoms with Crippen molar-refractivity contribution < 1.29 is 24.2 Å². The van der Waals surface area contributed by atoms with Gasteiger partial charge < -0.3 is 20.1 Å². The summed E-state index contributed by atoms with van der Waals surface area (Å²) in [6.45, 7) is 3.17. The number of rotatable bonds is 6. The number of aromatic hydroxyl groups is 1. The number of amides is 2. The second kappa shape index (κ2) is 9.30. The lowest BCUT2D eigenvalue weighted by molar-refractivity contribution is -0.140. The molecule has 3 aromatic rings. The molecule has 31 heavy (non-hydrogen) atoms. The molecule has 1 atom stereocenters. The molecule has 0 bridgehead atoms. The Balaban J connectivity index is 1.60. The average molecular weight is 420 g/mol. The fraction of sp³-hybridized carbons (Fsp3) is 0.208. The highest BCUT2D eigenvalue weighted by Crippen LogP contribution is 2.26. The van der Waals surface area contributed by atoms with Gasteiger partial charge in [-0.05, 0) is 48.9 Å². The summed E-state index contributed by atoms with van der Waals surface area (Å²) in [7, 11) is 1.45. The summed E-state index contributed by atoms with van der Waals surface area (Å²) in [4.78, 5) is 38.4. The summed E-state index contributed by atoms with van der Waals surface area (Å²) < 4.78 is 5.24. The van der Waals surface area contributed by atoms with Gasteiger partial charge in [-0.2, -0.15) is 0 Å². The monoisotopic (exact) mass is 420 g/mol. The van der Waals surface area contributed by atoms with Crippen LogP contribution in [-0.2, 0) is 14.3 Å². The van der Waals surface area contributed by atoms with Crippen molar-refractivity contribution in [3.63, 3.8) is 0 Å². The zero-order valence-corrected chi connectivity index (χ0v) is 17.6. The van der Waals surface area contributed by atoms with Crippen LogP contribution in [0.4, 0.5) is 5.69 Å². The third-order valence-corrected chi connectivity index (χ3v) is 4.81. The minimum Gasteiger partial charge on any atom is -0.507 e. The number of aryl methyl sites for hydroxylation is 1. The SMILES string of the molecule is Cc1ccc(NC(=O)CN(C)C(=O)[C@@H](C)OC(=O)c2cc3ccccc3cc2O)cc1. The molecule has 0 fully saturated rings. The molecule has 3 rings (SSSR count). The van der Waals surface area contributed by atoms with Crippen LogP contribution in [0.2, 0.25) is 0 Å². The first kappa shape index (κ1) is 21.8. The summed E-state index contributed by atoms with van der Waals surface area (Å²) in [6, 6.07) is 17.5. The largest absolute Gasteiger partial charge is 0.507 e. The zero-order chi connectivity index (χ0) is 22.5. The number of likely N-dealkylation sites (N-methyl/N-ethyl adjacent to an activating group) is 1. The lowest BCUT2D eigenvalue weighted by atomic mass is 10.1. The fourth-order valence-corrected chi connectivity index (χ4v) is 3.11. The summed E-state index contributed by atoms with van der Waals surface area (Å²) in [5, 5.41) is 14.4. The number of fused-ring (bicyclic) bond motifs is 1. The summed E-state index contributed by atoms with van der Waals surface area (Å²) >= 11 is 0. The molecule has 0 saturated carbocycles. The molecule has 7 nitrogen and oxygen atoms in total. The first-order valence-corrected chi connectivity index (χ1v) is 9.79. The molecule has 0 saturated heterocycles. The number of anilines is 1. The molecule has 2 N–H and O–H groups in total. The molecule has 0 aromatic heterocycles. The van der Waals surface area contributed by atoms with Gasteiger partial charge in [-0.25, -0.2) is 4.79 Å². The summed E-state index contributed by atoms with van der Waals surface area (Å²) in [6.07, 6.45) is -1.13. The molecule has 160 valence electrons. The van der Waals surface area contributed by atoms with E-state index in [2.05, 4.69) is 5.32 Å². The molecule has 0 aliphatic carbocycles. The van der Waals surface area contributed by atoms with Gasteiger partial charge >= 0.3 is 5.97 Å². The number of hydrogen-bond donors (Lipinski definition) is 2. The number of hydrogen-bond acceptors (Lipinski definition) is 5. The highest BCUT2D eigenvalue weighted by molar-refractivity contribution is 6.00. The van der Waals surface area contributed by atoms with Gasteiger partial charge in [0.25, 0.3) is 5.91 Å². The maximum atomic E-state index is 12.5. The molecule has 0 aliphatic rings. The molecular formula is C24H24N2O5. The number of phenols is 1. The van der Waals surface area contributed by atoms with Gasteiger partial charge in [0.15, 0.2) is 6.10 Å². The number of carbonyl (C=O) groups excluding carboxylic acids is 3. The van der Waals surface area contributed by atoms with Crippen LogP contribution >= 0.6 is 0 Å². The van der Waals surface area contributed by atoms with E-state index in [1.54, 1.807) is 18.2 Å². The van der Waals surface area contributed by atoms with Crippen LogP contribution in [0.25, 0.3) is 10.8 Å². The minimum atomic E-state index is -1.13. The van der Waals surface area contributed by atoms with E-state index in [1.807, 2.05) is 37.3 Å². The predicted octanol–water partition coefficient (Wildman–Crippen LogP) is 3.50. The van der Waals surface area contributed by atoms with Crippen molar-refractivity contribution in [2.75, 3.05) is 18.9 Å². The van der Waals surface area contributed by atoms with Gasteiger partial charge in [-0.3, -0.25) is 9.59 Å². The van der Waals surface area contributed by atoms with Gasteiger partial charge in [0.1, 0.15) is 11.3 Å². The Morgan fingerprint density at radius 1 is 1.03 bits per heavy atom. The highest BCUT2D eigenvalue weighted by atomic mass is 16.5. The lowest BCUT2D eigenvalue weighted by Gasteiger charge is -2.21. The number of nitrogens with zero attached hydrogens (tertiary/aromatic N) is 1. The van der Waals surface area contributed by atoms with Crippen molar-refractivity contribution in [2.45, 2.75) is 20.0 Å². The Morgan fingerprint density at radius 3 is 2.29 bits per heavy atom. The van der Waals surface area contributed by atoms with Crippen molar-refractivity contribution in [1.29, 1.82) is 0 Å². The van der Waals surface area contributed by atoms with Crippen molar-refractivity contribution in [3.8, 4) is 5.75 Å². The van der Waals surface area contributed by atoms with Crippen LogP contribution in [0.3, 0.4) is 0 Å². The second-order valence-electron chi connectivity index (χ2n) is 7.37. The highest BCUT2D eigenvalue weighted by Gasteiger charge is 2.25. The van der Waals surface area contributed by atoms with Crippen molar-refractivity contribution in [1.82, 2.24) is 4.90 Å². The summed E-state index contributed by atoms with van der Waals surface area (Å²) in [5.41, 5.74) is 1.67. The Hall–Kier alpha value is -3.87. The standard InChI is InChI=1S/C24H24N2O5/c1-15-8-10-19(11-9-15)25-22(28)14-26(3)23(29)16(2)31-24(30)20-12-17-6-4-5-7-18(17)13-21(20)27/h4-13,16,27H,14H2,1-3H3,(H,25,28)/t16-/m1/s1. The third kappa shape index (κ3) is 5.39. The van der Waals surface area contributed by atoms with E-state index in [4.69, 9.17) is 4.74 Å². The average Bonchev–Trinajstić information content (AvgIpc) is 2.74. The molecular weight excluding hydrogens is 396 g/mol. The normalized spacial score (nSPS) is 11.6. The fourth-order valence-electron chi connectivity index (χ4n) is 3.11. The predicted molar refractivity (Wildman–Crippen MR) is 118 cm³/mol. The van der Waals surface area contributed by atoms with E-state index in [9.17, 15) is 19.5 Å². The van der Waals surface area contributed by atoms with E-state index in [0.717, 1.165) is 16.3 Å². The van der Waals surface area contributed by atoms with E-state index < -0.39 is 18.0 Å². The van der Waals surface area contributed by atoms with Gasteiger partial charge in [0.2, 0.25) is 5.91 Å². The van der Waals surface area contributed by atoms with Gasteiger partial charge in [0.05, 0.1) is 6.54 Å². The molecule has 7 heteroatoms.